The summed E-state index contributed by atoms with van der Waals surface area (Å²) in [4.78, 5) is 14.2. The summed E-state index contributed by atoms with van der Waals surface area (Å²) in [5.74, 6) is -0.561. The van der Waals surface area contributed by atoms with Crippen LogP contribution in [0.2, 0.25) is 0 Å². The van der Waals surface area contributed by atoms with Gasteiger partial charge < -0.3 is 20.1 Å². The van der Waals surface area contributed by atoms with E-state index in [9.17, 15) is 23.1 Å². The van der Waals surface area contributed by atoms with Gasteiger partial charge in [0.1, 0.15) is 5.69 Å². The highest BCUT2D eigenvalue weighted by molar-refractivity contribution is 5.94. The van der Waals surface area contributed by atoms with Crippen molar-refractivity contribution in [3.8, 4) is 0 Å². The monoisotopic (exact) mass is 318 g/mol. The quantitative estimate of drug-likeness (QED) is 0.777. The lowest BCUT2D eigenvalue weighted by atomic mass is 9.58. The van der Waals surface area contributed by atoms with Crippen LogP contribution < -0.4 is 5.32 Å². The van der Waals surface area contributed by atoms with E-state index in [4.69, 9.17) is 4.74 Å². The van der Waals surface area contributed by atoms with E-state index >= 15 is 0 Å². The van der Waals surface area contributed by atoms with E-state index in [2.05, 4.69) is 10.3 Å². The molecule has 8 heteroatoms. The van der Waals surface area contributed by atoms with Gasteiger partial charge in [-0.25, -0.2) is 0 Å². The van der Waals surface area contributed by atoms with Crippen LogP contribution in [0.5, 0.6) is 0 Å². The van der Waals surface area contributed by atoms with E-state index in [1.54, 1.807) is 0 Å². The van der Waals surface area contributed by atoms with Gasteiger partial charge >= 0.3 is 6.18 Å². The summed E-state index contributed by atoms with van der Waals surface area (Å²) in [7, 11) is 0. The first-order valence-electron chi connectivity index (χ1n) is 7.15. The average molecular weight is 318 g/mol. The van der Waals surface area contributed by atoms with Crippen LogP contribution in [0.15, 0.2) is 12.3 Å². The van der Waals surface area contributed by atoms with Crippen molar-refractivity contribution in [3.63, 3.8) is 0 Å². The maximum atomic E-state index is 12.5. The van der Waals surface area contributed by atoms with Gasteiger partial charge in [0.25, 0.3) is 5.91 Å². The highest BCUT2D eigenvalue weighted by Gasteiger charge is 2.55. The molecule has 3 N–H and O–H groups in total. The van der Waals surface area contributed by atoms with Crippen molar-refractivity contribution in [3.05, 3.63) is 23.5 Å². The number of carbonyl (C=O) groups excluding carboxylic acids is 1. The smallest absolute Gasteiger partial charge is 0.392 e. The average Bonchev–Trinajstić information content (AvgIpc) is 2.98. The van der Waals surface area contributed by atoms with E-state index in [1.807, 2.05) is 0 Å². The number of rotatable bonds is 2. The molecule has 2 fully saturated rings. The number of H-pyrrole nitrogens is 1. The number of aliphatic hydroxyl groups is 1. The summed E-state index contributed by atoms with van der Waals surface area (Å²) < 4.78 is 42.9. The molecule has 1 amide bonds. The zero-order valence-electron chi connectivity index (χ0n) is 11.7. The van der Waals surface area contributed by atoms with E-state index in [0.717, 1.165) is 12.3 Å². The standard InChI is InChI=1S/C14H17F3N2O3/c15-14(16,17)10-5-8(7-18-10)12(21)19-9-6-11(20)13(9)1-3-22-4-2-13/h5,7,9,11,18,20H,1-4,6H2,(H,19,21)/t9-,11-/m1/s1. The van der Waals surface area contributed by atoms with Gasteiger partial charge in [-0.2, -0.15) is 13.2 Å². The third-order valence-electron chi connectivity index (χ3n) is 4.80. The van der Waals surface area contributed by atoms with Crippen LogP contribution in [-0.4, -0.2) is 41.4 Å². The molecule has 1 aliphatic carbocycles. The third kappa shape index (κ3) is 2.50. The predicted molar refractivity (Wildman–Crippen MR) is 70.2 cm³/mol. The molecule has 1 aromatic heterocycles. The number of nitrogens with one attached hydrogen (secondary N) is 2. The summed E-state index contributed by atoms with van der Waals surface area (Å²) in [6.45, 7) is 1.04. The second kappa shape index (κ2) is 5.27. The molecular formula is C14H17F3N2O3. The fourth-order valence-corrected chi connectivity index (χ4v) is 3.33. The molecule has 0 aromatic carbocycles. The van der Waals surface area contributed by atoms with Crippen LogP contribution in [0.1, 0.15) is 35.3 Å². The minimum absolute atomic E-state index is 0.0593. The Hall–Kier alpha value is -1.54. The first-order chi connectivity index (χ1) is 10.3. The van der Waals surface area contributed by atoms with Crippen LogP contribution >= 0.6 is 0 Å². The normalized spacial score (nSPS) is 27.5. The Morgan fingerprint density at radius 1 is 1.41 bits per heavy atom. The zero-order chi connectivity index (χ0) is 16.0. The molecule has 2 atom stereocenters. The number of amides is 1. The van der Waals surface area contributed by atoms with Crippen molar-refractivity contribution in [1.82, 2.24) is 10.3 Å². The molecule has 2 heterocycles. The fraction of sp³-hybridized carbons (Fsp3) is 0.643. The van der Waals surface area contributed by atoms with Gasteiger partial charge in [0.05, 0.1) is 11.7 Å². The van der Waals surface area contributed by atoms with Gasteiger partial charge in [-0.05, 0) is 25.3 Å². The molecule has 3 rings (SSSR count). The summed E-state index contributed by atoms with van der Waals surface area (Å²) in [6.07, 6.45) is -2.27. The first-order valence-corrected chi connectivity index (χ1v) is 7.15. The number of alkyl halides is 3. The van der Waals surface area contributed by atoms with Crippen LogP contribution in [0, 0.1) is 5.41 Å². The highest BCUT2D eigenvalue weighted by Crippen LogP contribution is 2.49. The number of aromatic amines is 1. The molecule has 2 aliphatic rings. The zero-order valence-corrected chi connectivity index (χ0v) is 11.7. The van der Waals surface area contributed by atoms with Crippen molar-refractivity contribution in [2.24, 2.45) is 5.41 Å². The largest absolute Gasteiger partial charge is 0.431 e. The van der Waals surface area contributed by atoms with E-state index in [0.29, 0.717) is 32.5 Å². The van der Waals surface area contributed by atoms with Crippen molar-refractivity contribution >= 4 is 5.91 Å². The number of halogens is 3. The number of carbonyl (C=O) groups is 1. The van der Waals surface area contributed by atoms with Crippen molar-refractivity contribution in [1.29, 1.82) is 0 Å². The molecule has 1 aliphatic heterocycles. The van der Waals surface area contributed by atoms with E-state index in [-0.39, 0.29) is 11.6 Å². The van der Waals surface area contributed by atoms with Crippen molar-refractivity contribution in [2.45, 2.75) is 37.6 Å². The molecule has 1 aromatic rings. The van der Waals surface area contributed by atoms with Gasteiger partial charge in [-0.15, -0.1) is 0 Å². The second-order valence-electron chi connectivity index (χ2n) is 5.92. The maximum Gasteiger partial charge on any atom is 0.431 e. The number of ether oxygens (including phenoxy) is 1. The number of hydrogen-bond acceptors (Lipinski definition) is 3. The van der Waals surface area contributed by atoms with Gasteiger partial charge in [0.15, 0.2) is 0 Å². The summed E-state index contributed by atoms with van der Waals surface area (Å²) in [5, 5.41) is 12.8. The second-order valence-corrected chi connectivity index (χ2v) is 5.92. The van der Waals surface area contributed by atoms with Crippen molar-refractivity contribution in [2.75, 3.05) is 13.2 Å². The van der Waals surface area contributed by atoms with Crippen molar-refractivity contribution < 1.29 is 27.8 Å². The molecule has 0 bridgehead atoms. The Morgan fingerprint density at radius 2 is 2.09 bits per heavy atom. The van der Waals surface area contributed by atoms with Gasteiger partial charge in [0, 0.05) is 30.9 Å². The summed E-state index contributed by atoms with van der Waals surface area (Å²) >= 11 is 0. The lowest BCUT2D eigenvalue weighted by Gasteiger charge is -2.55. The minimum Gasteiger partial charge on any atom is -0.392 e. The van der Waals surface area contributed by atoms with Crippen LogP contribution in [0.25, 0.3) is 0 Å². The molecule has 0 radical (unpaired) electrons. The Labute approximate surface area is 124 Å². The Balaban J connectivity index is 1.68. The molecule has 1 saturated carbocycles. The van der Waals surface area contributed by atoms with Gasteiger partial charge in [-0.3, -0.25) is 4.79 Å². The molecule has 1 saturated heterocycles. The molecule has 122 valence electrons. The maximum absolute atomic E-state index is 12.5. The lowest BCUT2D eigenvalue weighted by molar-refractivity contribution is -0.145. The number of aromatic nitrogens is 1. The lowest BCUT2D eigenvalue weighted by Crippen LogP contribution is -2.65. The summed E-state index contributed by atoms with van der Waals surface area (Å²) in [5.41, 5.74) is -1.42. The van der Waals surface area contributed by atoms with E-state index < -0.39 is 29.3 Å². The number of aliphatic hydroxyl groups excluding tert-OH is 1. The molecule has 5 nitrogen and oxygen atoms in total. The molecule has 1 spiro atoms. The minimum atomic E-state index is -4.51. The Bertz CT molecular complexity index is 564. The SMILES string of the molecule is O=C(N[C@@H]1C[C@@H](O)C12CCOCC2)c1c[nH]c(C(F)(F)F)c1. The highest BCUT2D eigenvalue weighted by atomic mass is 19.4. The van der Waals surface area contributed by atoms with E-state index in [1.165, 1.54) is 0 Å². The van der Waals surface area contributed by atoms with Gasteiger partial charge in [-0.1, -0.05) is 0 Å². The first kappa shape index (κ1) is 15.4. The molecule has 0 unspecified atom stereocenters. The fourth-order valence-electron chi connectivity index (χ4n) is 3.33. The number of hydrogen-bond donors (Lipinski definition) is 3. The third-order valence-corrected chi connectivity index (χ3v) is 4.80. The van der Waals surface area contributed by atoms with Crippen LogP contribution in [-0.2, 0) is 10.9 Å². The van der Waals surface area contributed by atoms with Crippen LogP contribution in [0.4, 0.5) is 13.2 Å². The van der Waals surface area contributed by atoms with Gasteiger partial charge in [0.2, 0.25) is 0 Å². The molecule has 22 heavy (non-hydrogen) atoms. The Kier molecular flexibility index (Phi) is 3.68. The molecular weight excluding hydrogens is 301 g/mol. The summed E-state index contributed by atoms with van der Waals surface area (Å²) in [6, 6.07) is 0.560. The predicted octanol–water partition coefficient (Wildman–Crippen LogP) is 1.69. The Morgan fingerprint density at radius 3 is 2.64 bits per heavy atom. The van der Waals surface area contributed by atoms with Crippen LogP contribution in [0.3, 0.4) is 0 Å². The topological polar surface area (TPSA) is 74.3 Å².